The van der Waals surface area contributed by atoms with Crippen LogP contribution in [-0.4, -0.2) is 23.3 Å². The van der Waals surface area contributed by atoms with E-state index in [0.717, 1.165) is 25.7 Å². The van der Waals surface area contributed by atoms with Crippen LogP contribution in [0.25, 0.3) is 0 Å². The van der Waals surface area contributed by atoms with E-state index >= 15 is 0 Å². The van der Waals surface area contributed by atoms with Gasteiger partial charge >= 0.3 is 5.97 Å². The summed E-state index contributed by atoms with van der Waals surface area (Å²) in [4.78, 5) is 12.4. The lowest BCUT2D eigenvalue weighted by Gasteiger charge is -2.54. The zero-order valence-electron chi connectivity index (χ0n) is 11.1. The number of hydrogen-bond donors (Lipinski definition) is 1. The van der Waals surface area contributed by atoms with Gasteiger partial charge in [0.1, 0.15) is 0 Å². The largest absolute Gasteiger partial charge is 0.465 e. The first-order chi connectivity index (χ1) is 8.60. The smallest absolute Gasteiger partial charge is 0.315 e. The first-order valence-electron chi connectivity index (χ1n) is 6.96. The molecule has 2 aliphatic carbocycles. The Bertz CT molecular complexity index is 366. The molecule has 0 aromatic carbocycles. The highest BCUT2D eigenvalue weighted by atomic mass is 16.5. The second kappa shape index (κ2) is 4.93. The molecule has 0 aliphatic heterocycles. The third kappa shape index (κ3) is 1.75. The highest BCUT2D eigenvalue weighted by Crippen LogP contribution is 2.56. The van der Waals surface area contributed by atoms with Crippen molar-refractivity contribution in [1.29, 1.82) is 0 Å². The number of aliphatic hydroxyl groups is 1. The van der Waals surface area contributed by atoms with Crippen LogP contribution in [0.3, 0.4) is 0 Å². The van der Waals surface area contributed by atoms with Gasteiger partial charge in [-0.2, -0.15) is 0 Å². The fraction of sp³-hybridized carbons (Fsp3) is 0.800. The Hall–Kier alpha value is -1.01. The van der Waals surface area contributed by atoms with Gasteiger partial charge in [-0.1, -0.05) is 19.3 Å². The topological polar surface area (TPSA) is 46.5 Å². The van der Waals surface area contributed by atoms with E-state index in [1.807, 2.05) is 0 Å². The molecule has 0 bridgehead atoms. The summed E-state index contributed by atoms with van der Waals surface area (Å²) in [6.45, 7) is 2.16. The number of rotatable bonds is 2. The number of hydrogen-bond acceptors (Lipinski definition) is 3. The fourth-order valence-corrected chi connectivity index (χ4v) is 3.84. The van der Waals surface area contributed by atoms with Crippen LogP contribution >= 0.6 is 0 Å². The molecule has 2 saturated carbocycles. The number of esters is 1. The summed E-state index contributed by atoms with van der Waals surface area (Å²) in [6.07, 6.45) is 11.2. The first kappa shape index (κ1) is 13.4. The molecule has 3 nitrogen and oxygen atoms in total. The van der Waals surface area contributed by atoms with Crippen LogP contribution in [0.5, 0.6) is 0 Å². The molecule has 0 spiro atoms. The highest BCUT2D eigenvalue weighted by Gasteiger charge is 2.62. The molecule has 0 aromatic heterocycles. The van der Waals surface area contributed by atoms with Crippen LogP contribution in [0.15, 0.2) is 0 Å². The SMILES string of the molecule is C#C[C@H]1CCC[C@]2(C(=O)OCC)CCCC[C@]12O. The third-order valence-electron chi connectivity index (χ3n) is 4.78. The lowest BCUT2D eigenvalue weighted by atomic mass is 9.53. The maximum atomic E-state index is 12.4. The van der Waals surface area contributed by atoms with Crippen molar-refractivity contribution in [3.8, 4) is 12.3 Å². The van der Waals surface area contributed by atoms with Crippen LogP contribution < -0.4 is 0 Å². The molecule has 0 saturated heterocycles. The molecule has 0 amide bonds. The zero-order valence-corrected chi connectivity index (χ0v) is 11.1. The number of carbonyl (C=O) groups is 1. The minimum atomic E-state index is -1.05. The van der Waals surface area contributed by atoms with Crippen molar-refractivity contribution in [2.45, 2.75) is 57.5 Å². The van der Waals surface area contributed by atoms with Crippen LogP contribution in [-0.2, 0) is 9.53 Å². The molecular formula is C15H22O3. The zero-order chi connectivity index (χ0) is 13.2. The quantitative estimate of drug-likeness (QED) is 0.604. The standard InChI is InChI=1S/C15H22O3/c1-3-12-8-7-10-14(13(16)18-4-2)9-5-6-11-15(12,14)17/h1,12,17H,4-11H2,2H3/t12-,14-,15-/m0/s1. The summed E-state index contributed by atoms with van der Waals surface area (Å²) in [5.41, 5.74) is -1.80. The molecule has 18 heavy (non-hydrogen) atoms. The Balaban J connectivity index is 2.39. The molecule has 0 radical (unpaired) electrons. The monoisotopic (exact) mass is 250 g/mol. The van der Waals surface area contributed by atoms with Gasteiger partial charge in [-0.15, -0.1) is 12.3 Å². The Morgan fingerprint density at radius 1 is 1.39 bits per heavy atom. The molecule has 0 aromatic rings. The van der Waals surface area contributed by atoms with E-state index in [4.69, 9.17) is 11.2 Å². The van der Waals surface area contributed by atoms with Gasteiger partial charge in [-0.3, -0.25) is 4.79 Å². The van der Waals surface area contributed by atoms with Crippen LogP contribution in [0.4, 0.5) is 0 Å². The van der Waals surface area contributed by atoms with Gasteiger partial charge in [0.15, 0.2) is 0 Å². The summed E-state index contributed by atoms with van der Waals surface area (Å²) in [7, 11) is 0. The maximum Gasteiger partial charge on any atom is 0.315 e. The van der Waals surface area contributed by atoms with E-state index in [1.165, 1.54) is 0 Å². The molecule has 3 heteroatoms. The van der Waals surface area contributed by atoms with E-state index in [-0.39, 0.29) is 11.9 Å². The van der Waals surface area contributed by atoms with E-state index in [1.54, 1.807) is 6.92 Å². The second-order valence-electron chi connectivity index (χ2n) is 5.55. The molecule has 2 rings (SSSR count). The number of terminal acetylenes is 1. The van der Waals surface area contributed by atoms with E-state index in [9.17, 15) is 9.90 Å². The Kier molecular flexibility index (Phi) is 3.68. The van der Waals surface area contributed by atoms with Crippen molar-refractivity contribution in [2.24, 2.45) is 11.3 Å². The van der Waals surface area contributed by atoms with Crippen molar-refractivity contribution in [2.75, 3.05) is 6.61 Å². The van der Waals surface area contributed by atoms with Gasteiger partial charge in [0.2, 0.25) is 0 Å². The Morgan fingerprint density at radius 2 is 2.06 bits per heavy atom. The van der Waals surface area contributed by atoms with Gasteiger partial charge in [-0.05, 0) is 32.6 Å². The lowest BCUT2D eigenvalue weighted by molar-refractivity contribution is -0.200. The van der Waals surface area contributed by atoms with Gasteiger partial charge in [0.05, 0.1) is 17.6 Å². The van der Waals surface area contributed by atoms with Crippen molar-refractivity contribution in [3.63, 3.8) is 0 Å². The van der Waals surface area contributed by atoms with Crippen molar-refractivity contribution >= 4 is 5.97 Å². The summed E-state index contributed by atoms with van der Waals surface area (Å²) < 4.78 is 5.23. The molecule has 100 valence electrons. The molecular weight excluding hydrogens is 228 g/mol. The average molecular weight is 250 g/mol. The predicted molar refractivity (Wildman–Crippen MR) is 68.7 cm³/mol. The minimum Gasteiger partial charge on any atom is -0.465 e. The van der Waals surface area contributed by atoms with Crippen LogP contribution in [0, 0.1) is 23.7 Å². The fourth-order valence-electron chi connectivity index (χ4n) is 3.84. The molecule has 0 heterocycles. The molecule has 0 unspecified atom stereocenters. The number of carbonyl (C=O) groups excluding carboxylic acids is 1. The van der Waals surface area contributed by atoms with Crippen molar-refractivity contribution < 1.29 is 14.6 Å². The van der Waals surface area contributed by atoms with E-state index in [2.05, 4.69) is 5.92 Å². The van der Waals surface area contributed by atoms with E-state index < -0.39 is 11.0 Å². The van der Waals surface area contributed by atoms with Gasteiger partial charge < -0.3 is 9.84 Å². The molecule has 3 atom stereocenters. The first-order valence-corrected chi connectivity index (χ1v) is 6.96. The number of fused-ring (bicyclic) bond motifs is 1. The minimum absolute atomic E-state index is 0.212. The summed E-state index contributed by atoms with van der Waals surface area (Å²) in [6, 6.07) is 0. The van der Waals surface area contributed by atoms with Crippen LogP contribution in [0.1, 0.15) is 51.9 Å². The molecule has 1 N–H and O–H groups in total. The average Bonchev–Trinajstić information content (AvgIpc) is 2.37. The molecule has 2 fully saturated rings. The van der Waals surface area contributed by atoms with Gasteiger partial charge in [0.25, 0.3) is 0 Å². The number of ether oxygens (including phenoxy) is 1. The summed E-state index contributed by atoms with van der Waals surface area (Å²) >= 11 is 0. The van der Waals surface area contributed by atoms with E-state index in [0.29, 0.717) is 25.9 Å². The third-order valence-corrected chi connectivity index (χ3v) is 4.78. The normalized spacial score (nSPS) is 39.5. The second-order valence-corrected chi connectivity index (χ2v) is 5.55. The van der Waals surface area contributed by atoms with Crippen LogP contribution in [0.2, 0.25) is 0 Å². The highest BCUT2D eigenvalue weighted by molar-refractivity contribution is 5.79. The predicted octanol–water partition coefficient (Wildman–Crippen LogP) is 2.27. The van der Waals surface area contributed by atoms with Gasteiger partial charge in [0, 0.05) is 5.92 Å². The van der Waals surface area contributed by atoms with Gasteiger partial charge in [-0.25, -0.2) is 0 Å². The Morgan fingerprint density at radius 3 is 2.72 bits per heavy atom. The maximum absolute atomic E-state index is 12.4. The summed E-state index contributed by atoms with van der Waals surface area (Å²) in [5.74, 6) is 2.25. The van der Waals surface area contributed by atoms with Crippen molar-refractivity contribution in [1.82, 2.24) is 0 Å². The molecule has 2 aliphatic rings. The summed E-state index contributed by atoms with van der Waals surface area (Å²) in [5, 5.41) is 11.1. The Labute approximate surface area is 109 Å². The van der Waals surface area contributed by atoms with Crippen molar-refractivity contribution in [3.05, 3.63) is 0 Å². The lowest BCUT2D eigenvalue weighted by Crippen LogP contribution is -2.61.